The number of ether oxygens (including phenoxy) is 2. The van der Waals surface area contributed by atoms with Gasteiger partial charge in [0.05, 0.1) is 19.1 Å². The second-order valence-corrected chi connectivity index (χ2v) is 9.37. The molecular formula is C22H29N3O5S. The number of urea groups is 1. The number of benzene rings is 2. The van der Waals surface area contributed by atoms with Crippen LogP contribution in [0.1, 0.15) is 19.3 Å². The molecule has 0 unspecified atom stereocenters. The molecule has 0 spiro atoms. The fourth-order valence-corrected chi connectivity index (χ4v) is 5.12. The van der Waals surface area contributed by atoms with E-state index in [0.29, 0.717) is 47.6 Å². The molecule has 2 amide bonds. The number of hydrogen-bond donors (Lipinski definition) is 2. The lowest BCUT2D eigenvalue weighted by Crippen LogP contribution is -2.39. The summed E-state index contributed by atoms with van der Waals surface area (Å²) >= 11 is 0. The third-order valence-electron chi connectivity index (χ3n) is 5.40. The smallest absolute Gasteiger partial charge is 0.319 e. The summed E-state index contributed by atoms with van der Waals surface area (Å²) in [5, 5.41) is 5.63. The van der Waals surface area contributed by atoms with E-state index in [4.69, 9.17) is 9.47 Å². The molecule has 8 nitrogen and oxygen atoms in total. The van der Waals surface area contributed by atoms with Crippen molar-refractivity contribution in [2.45, 2.75) is 24.2 Å². The summed E-state index contributed by atoms with van der Waals surface area (Å²) in [4.78, 5) is 12.5. The summed E-state index contributed by atoms with van der Waals surface area (Å²) in [5.74, 6) is 1.55. The predicted octanol–water partition coefficient (Wildman–Crippen LogP) is 3.32. The fourth-order valence-electron chi connectivity index (χ4n) is 3.62. The third kappa shape index (κ3) is 6.11. The van der Waals surface area contributed by atoms with Gasteiger partial charge >= 0.3 is 6.03 Å². The standard InChI is InChI=1S/C22H29N3O5S/c1-29-19-14-18(15-20(16-19)30-2)24-22(26)23-11-8-17-9-12-25(13-10-17)31(27,28)21-6-4-3-5-7-21/h3-7,14-17H,8-13H2,1-2H3,(H2,23,24,26). The highest BCUT2D eigenvalue weighted by molar-refractivity contribution is 7.89. The summed E-state index contributed by atoms with van der Waals surface area (Å²) in [6.45, 7) is 1.51. The van der Waals surface area contributed by atoms with Crippen LogP contribution >= 0.6 is 0 Å². The van der Waals surface area contributed by atoms with Crippen LogP contribution in [0.15, 0.2) is 53.4 Å². The van der Waals surface area contributed by atoms with E-state index in [0.717, 1.165) is 19.3 Å². The molecule has 0 atom stereocenters. The zero-order chi connectivity index (χ0) is 22.3. The largest absolute Gasteiger partial charge is 0.497 e. The first-order valence-corrected chi connectivity index (χ1v) is 11.7. The molecule has 2 N–H and O–H groups in total. The van der Waals surface area contributed by atoms with E-state index in [1.54, 1.807) is 67.1 Å². The molecule has 31 heavy (non-hydrogen) atoms. The van der Waals surface area contributed by atoms with Gasteiger partial charge < -0.3 is 20.1 Å². The summed E-state index contributed by atoms with van der Waals surface area (Å²) in [5.41, 5.74) is 0.577. The molecule has 1 fully saturated rings. The molecule has 2 aromatic carbocycles. The number of hydrogen-bond acceptors (Lipinski definition) is 5. The van der Waals surface area contributed by atoms with E-state index in [-0.39, 0.29) is 6.03 Å². The number of carbonyl (C=O) groups is 1. The number of nitrogens with one attached hydrogen (secondary N) is 2. The molecule has 0 bridgehead atoms. The molecule has 0 radical (unpaired) electrons. The maximum atomic E-state index is 12.7. The minimum atomic E-state index is -3.43. The van der Waals surface area contributed by atoms with Gasteiger partial charge in [-0.3, -0.25) is 0 Å². The van der Waals surface area contributed by atoms with E-state index in [1.165, 1.54) is 0 Å². The molecule has 2 aromatic rings. The van der Waals surface area contributed by atoms with Crippen molar-refractivity contribution in [2.24, 2.45) is 5.92 Å². The van der Waals surface area contributed by atoms with Crippen LogP contribution in [-0.2, 0) is 10.0 Å². The Morgan fingerprint density at radius 1 is 1.03 bits per heavy atom. The number of carbonyl (C=O) groups excluding carboxylic acids is 1. The molecule has 168 valence electrons. The van der Waals surface area contributed by atoms with Crippen molar-refractivity contribution in [1.29, 1.82) is 0 Å². The summed E-state index contributed by atoms with van der Waals surface area (Å²) < 4.78 is 37.4. The number of nitrogens with zero attached hydrogens (tertiary/aromatic N) is 1. The van der Waals surface area contributed by atoms with Crippen LogP contribution in [-0.4, -0.2) is 52.6 Å². The Bertz CT molecular complexity index is 952. The molecule has 1 aliphatic rings. The van der Waals surface area contributed by atoms with Crippen molar-refractivity contribution >= 4 is 21.7 Å². The Kier molecular flexibility index (Phi) is 7.75. The highest BCUT2D eigenvalue weighted by Crippen LogP contribution is 2.26. The molecule has 0 aliphatic carbocycles. The van der Waals surface area contributed by atoms with Crippen LogP contribution in [0.5, 0.6) is 11.5 Å². The van der Waals surface area contributed by atoms with Gasteiger partial charge in [0, 0.05) is 43.5 Å². The minimum Gasteiger partial charge on any atom is -0.497 e. The normalized spacial score (nSPS) is 15.3. The molecule has 1 heterocycles. The number of anilines is 1. The van der Waals surface area contributed by atoms with Crippen molar-refractivity contribution in [1.82, 2.24) is 9.62 Å². The first-order chi connectivity index (χ1) is 14.9. The molecule has 1 saturated heterocycles. The van der Waals surface area contributed by atoms with Gasteiger partial charge in [-0.05, 0) is 37.3 Å². The highest BCUT2D eigenvalue weighted by atomic mass is 32.2. The molecule has 1 aliphatic heterocycles. The van der Waals surface area contributed by atoms with Crippen LogP contribution in [0.2, 0.25) is 0 Å². The van der Waals surface area contributed by atoms with E-state index in [1.807, 2.05) is 0 Å². The van der Waals surface area contributed by atoms with Gasteiger partial charge in [0.2, 0.25) is 10.0 Å². The van der Waals surface area contributed by atoms with Crippen LogP contribution in [0.25, 0.3) is 0 Å². The Morgan fingerprint density at radius 2 is 1.65 bits per heavy atom. The Morgan fingerprint density at radius 3 is 2.23 bits per heavy atom. The fraction of sp³-hybridized carbons (Fsp3) is 0.409. The maximum Gasteiger partial charge on any atom is 0.319 e. The monoisotopic (exact) mass is 447 g/mol. The third-order valence-corrected chi connectivity index (χ3v) is 7.31. The van der Waals surface area contributed by atoms with Gasteiger partial charge in [0.25, 0.3) is 0 Å². The highest BCUT2D eigenvalue weighted by Gasteiger charge is 2.29. The predicted molar refractivity (Wildman–Crippen MR) is 119 cm³/mol. The van der Waals surface area contributed by atoms with Gasteiger partial charge in [-0.25, -0.2) is 13.2 Å². The number of sulfonamides is 1. The summed E-state index contributed by atoms with van der Waals surface area (Å²) in [7, 11) is -0.331. The van der Waals surface area contributed by atoms with Crippen molar-refractivity contribution < 1.29 is 22.7 Å². The Hall–Kier alpha value is -2.78. The number of methoxy groups -OCH3 is 2. The van der Waals surface area contributed by atoms with Crippen molar-refractivity contribution in [3.8, 4) is 11.5 Å². The van der Waals surface area contributed by atoms with Gasteiger partial charge in [-0.1, -0.05) is 18.2 Å². The van der Waals surface area contributed by atoms with Crippen LogP contribution < -0.4 is 20.1 Å². The van der Waals surface area contributed by atoms with E-state index >= 15 is 0 Å². The average Bonchev–Trinajstić information content (AvgIpc) is 2.79. The SMILES string of the molecule is COc1cc(NC(=O)NCCC2CCN(S(=O)(=O)c3ccccc3)CC2)cc(OC)c1. The molecular weight excluding hydrogens is 418 g/mol. The quantitative estimate of drug-likeness (QED) is 0.647. The van der Waals surface area contributed by atoms with Crippen molar-refractivity contribution in [3.05, 3.63) is 48.5 Å². The first-order valence-electron chi connectivity index (χ1n) is 10.3. The second kappa shape index (κ2) is 10.5. The molecule has 9 heteroatoms. The Labute approximate surface area is 183 Å². The van der Waals surface area contributed by atoms with Gasteiger partial charge in [0.1, 0.15) is 11.5 Å². The Balaban J connectivity index is 1.43. The van der Waals surface area contributed by atoms with Gasteiger partial charge in [-0.2, -0.15) is 4.31 Å². The summed E-state index contributed by atoms with van der Waals surface area (Å²) in [6, 6.07) is 13.4. The maximum absolute atomic E-state index is 12.7. The topological polar surface area (TPSA) is 97.0 Å². The molecule has 0 aromatic heterocycles. The van der Waals surface area contributed by atoms with E-state index in [2.05, 4.69) is 10.6 Å². The van der Waals surface area contributed by atoms with Crippen molar-refractivity contribution in [2.75, 3.05) is 39.2 Å². The van der Waals surface area contributed by atoms with Gasteiger partial charge in [0.15, 0.2) is 0 Å². The molecule has 3 rings (SSSR count). The second-order valence-electron chi connectivity index (χ2n) is 7.43. The summed E-state index contributed by atoms with van der Waals surface area (Å²) in [6.07, 6.45) is 2.36. The van der Waals surface area contributed by atoms with E-state index < -0.39 is 10.0 Å². The number of rotatable bonds is 8. The van der Waals surface area contributed by atoms with Crippen molar-refractivity contribution in [3.63, 3.8) is 0 Å². The zero-order valence-corrected chi connectivity index (χ0v) is 18.7. The number of piperidine rings is 1. The lowest BCUT2D eigenvalue weighted by atomic mass is 9.95. The zero-order valence-electron chi connectivity index (χ0n) is 17.8. The van der Waals surface area contributed by atoms with Crippen LogP contribution in [0.4, 0.5) is 10.5 Å². The number of amides is 2. The first kappa shape index (κ1) is 22.9. The minimum absolute atomic E-state index is 0.306. The van der Waals surface area contributed by atoms with E-state index in [9.17, 15) is 13.2 Å². The molecule has 0 saturated carbocycles. The van der Waals surface area contributed by atoms with Crippen LogP contribution in [0.3, 0.4) is 0 Å². The van der Waals surface area contributed by atoms with Gasteiger partial charge in [-0.15, -0.1) is 0 Å². The average molecular weight is 448 g/mol. The van der Waals surface area contributed by atoms with Crippen LogP contribution in [0, 0.1) is 5.92 Å². The lowest BCUT2D eigenvalue weighted by molar-refractivity contribution is 0.245. The lowest BCUT2D eigenvalue weighted by Gasteiger charge is -2.31.